The smallest absolute Gasteiger partial charge is 0.418 e. The SMILES string of the molecule is O=C1N[C@H]2[C@H](CS[C@H]2CCCCC(=O)OC(=O)OCCl)N1. The number of thioether (sulfide) groups is 1. The van der Waals surface area contributed by atoms with Crippen molar-refractivity contribution >= 4 is 41.5 Å². The quantitative estimate of drug-likeness (QED) is 0.251. The van der Waals surface area contributed by atoms with Gasteiger partial charge in [-0.25, -0.2) is 9.59 Å². The van der Waals surface area contributed by atoms with Crippen molar-refractivity contribution in [2.24, 2.45) is 0 Å². The topological polar surface area (TPSA) is 93.7 Å². The second kappa shape index (κ2) is 7.74. The molecule has 2 N–H and O–H groups in total. The predicted octanol–water partition coefficient (Wildman–Crippen LogP) is 1.59. The monoisotopic (exact) mass is 336 g/mol. The fraction of sp³-hybridized carbons (Fsp3) is 0.750. The zero-order chi connectivity index (χ0) is 15.2. The molecule has 2 fully saturated rings. The van der Waals surface area contributed by atoms with E-state index in [4.69, 9.17) is 11.6 Å². The van der Waals surface area contributed by atoms with E-state index in [1.807, 2.05) is 11.8 Å². The van der Waals surface area contributed by atoms with Crippen LogP contribution in [-0.4, -0.2) is 47.3 Å². The van der Waals surface area contributed by atoms with E-state index in [0.29, 0.717) is 11.7 Å². The molecule has 21 heavy (non-hydrogen) atoms. The van der Waals surface area contributed by atoms with Gasteiger partial charge < -0.3 is 20.1 Å². The minimum Gasteiger partial charge on any atom is -0.418 e. The van der Waals surface area contributed by atoms with Gasteiger partial charge in [-0.05, 0) is 12.8 Å². The highest BCUT2D eigenvalue weighted by Crippen LogP contribution is 2.33. The van der Waals surface area contributed by atoms with Gasteiger partial charge in [-0.15, -0.1) is 0 Å². The van der Waals surface area contributed by atoms with E-state index in [1.165, 1.54) is 0 Å². The third-order valence-corrected chi connectivity index (χ3v) is 5.05. The fourth-order valence-electron chi connectivity index (χ4n) is 2.48. The van der Waals surface area contributed by atoms with Crippen LogP contribution in [0.1, 0.15) is 25.7 Å². The van der Waals surface area contributed by atoms with Crippen molar-refractivity contribution in [3.63, 3.8) is 0 Å². The second-order valence-electron chi connectivity index (χ2n) is 4.85. The van der Waals surface area contributed by atoms with Gasteiger partial charge in [-0.3, -0.25) is 4.79 Å². The Morgan fingerprint density at radius 2 is 2.14 bits per heavy atom. The number of carbonyl (C=O) groups excluding carboxylic acids is 3. The summed E-state index contributed by atoms with van der Waals surface area (Å²) in [4.78, 5) is 33.4. The van der Waals surface area contributed by atoms with Crippen LogP contribution in [0.2, 0.25) is 0 Å². The molecule has 0 spiro atoms. The first kappa shape index (κ1) is 16.2. The van der Waals surface area contributed by atoms with Crippen molar-refractivity contribution in [1.82, 2.24) is 10.6 Å². The van der Waals surface area contributed by atoms with E-state index in [9.17, 15) is 14.4 Å². The molecule has 3 atom stereocenters. The number of amides is 2. The molecule has 0 radical (unpaired) electrons. The molecule has 0 aromatic heterocycles. The molecule has 2 saturated heterocycles. The number of hydrogen-bond acceptors (Lipinski definition) is 6. The van der Waals surface area contributed by atoms with Crippen LogP contribution in [0, 0.1) is 0 Å². The number of urea groups is 1. The third kappa shape index (κ3) is 4.67. The second-order valence-corrected chi connectivity index (χ2v) is 6.34. The van der Waals surface area contributed by atoms with Crippen LogP contribution in [0.4, 0.5) is 9.59 Å². The summed E-state index contributed by atoms with van der Waals surface area (Å²) in [5.41, 5.74) is 0. The lowest BCUT2D eigenvalue weighted by Crippen LogP contribution is -2.36. The first-order valence-electron chi connectivity index (χ1n) is 6.72. The minimum absolute atomic E-state index is 0.100. The lowest BCUT2D eigenvalue weighted by molar-refractivity contribution is -0.139. The predicted molar refractivity (Wildman–Crippen MR) is 77.3 cm³/mol. The summed E-state index contributed by atoms with van der Waals surface area (Å²) in [5, 5.41) is 6.17. The maximum atomic E-state index is 11.3. The van der Waals surface area contributed by atoms with Gasteiger partial charge in [0.15, 0.2) is 6.07 Å². The largest absolute Gasteiger partial charge is 0.517 e. The van der Waals surface area contributed by atoms with Crippen LogP contribution < -0.4 is 10.6 Å². The summed E-state index contributed by atoms with van der Waals surface area (Å²) < 4.78 is 8.68. The van der Waals surface area contributed by atoms with Gasteiger partial charge in [0, 0.05) is 17.4 Å². The van der Waals surface area contributed by atoms with Crippen LogP contribution in [0.15, 0.2) is 0 Å². The van der Waals surface area contributed by atoms with E-state index in [2.05, 4.69) is 20.1 Å². The molecule has 2 aliphatic heterocycles. The molecule has 7 nitrogen and oxygen atoms in total. The minimum atomic E-state index is -1.07. The van der Waals surface area contributed by atoms with E-state index >= 15 is 0 Å². The highest BCUT2D eigenvalue weighted by atomic mass is 35.5. The summed E-state index contributed by atoms with van der Waals surface area (Å²) in [6.45, 7) is 0. The Hall–Kier alpha value is -1.15. The van der Waals surface area contributed by atoms with Gasteiger partial charge in [0.05, 0.1) is 12.1 Å². The molecular weight excluding hydrogens is 320 g/mol. The van der Waals surface area contributed by atoms with E-state index in [0.717, 1.165) is 18.6 Å². The summed E-state index contributed by atoms with van der Waals surface area (Å²) in [5.74, 6) is 0.304. The number of alkyl halides is 1. The molecule has 0 aromatic carbocycles. The number of carbonyl (C=O) groups is 3. The molecule has 0 aliphatic carbocycles. The maximum Gasteiger partial charge on any atom is 0.517 e. The highest BCUT2D eigenvalue weighted by Gasteiger charge is 2.42. The Balaban J connectivity index is 1.59. The molecule has 2 amide bonds. The normalized spacial score (nSPS) is 26.7. The number of esters is 1. The number of halogens is 1. The van der Waals surface area contributed by atoms with Gasteiger partial charge in [0.1, 0.15) is 0 Å². The Kier molecular flexibility index (Phi) is 5.98. The third-order valence-electron chi connectivity index (χ3n) is 3.43. The fourth-order valence-corrected chi connectivity index (χ4v) is 4.11. The molecule has 0 saturated carbocycles. The zero-order valence-electron chi connectivity index (χ0n) is 11.3. The van der Waals surface area contributed by atoms with Gasteiger partial charge in [0.25, 0.3) is 0 Å². The van der Waals surface area contributed by atoms with Crippen molar-refractivity contribution in [3.8, 4) is 0 Å². The molecule has 0 unspecified atom stereocenters. The summed E-state index contributed by atoms with van der Waals surface area (Å²) in [6, 6.07) is -0.0551. The first-order chi connectivity index (χ1) is 10.1. The Morgan fingerprint density at radius 3 is 2.90 bits per heavy atom. The van der Waals surface area contributed by atoms with Gasteiger partial charge in [0.2, 0.25) is 0 Å². The molecular formula is C12H17ClN2O5S. The molecule has 9 heteroatoms. The summed E-state index contributed by atoms with van der Waals surface area (Å²) in [6.07, 6.45) is 1.46. The lowest BCUT2D eigenvalue weighted by Gasteiger charge is -2.16. The Bertz CT molecular complexity index is 422. The number of hydrogen-bond donors (Lipinski definition) is 2. The number of unbranched alkanes of at least 4 members (excludes halogenated alkanes) is 1. The number of rotatable bonds is 6. The molecule has 0 aromatic rings. The van der Waals surface area contributed by atoms with Crippen LogP contribution in [-0.2, 0) is 14.3 Å². The first-order valence-corrected chi connectivity index (χ1v) is 8.30. The Labute approximate surface area is 131 Å². The van der Waals surface area contributed by atoms with Crippen molar-refractivity contribution in [1.29, 1.82) is 0 Å². The van der Waals surface area contributed by atoms with Crippen LogP contribution >= 0.6 is 23.4 Å². The van der Waals surface area contributed by atoms with E-state index in [-0.39, 0.29) is 30.6 Å². The number of ether oxygens (including phenoxy) is 2. The van der Waals surface area contributed by atoms with Gasteiger partial charge in [-0.1, -0.05) is 18.0 Å². The van der Waals surface area contributed by atoms with Crippen molar-refractivity contribution in [3.05, 3.63) is 0 Å². The van der Waals surface area contributed by atoms with E-state index in [1.54, 1.807) is 0 Å². The molecule has 2 aliphatic rings. The molecule has 0 bridgehead atoms. The Morgan fingerprint density at radius 1 is 1.33 bits per heavy atom. The van der Waals surface area contributed by atoms with Crippen LogP contribution in [0.25, 0.3) is 0 Å². The van der Waals surface area contributed by atoms with Crippen molar-refractivity contribution < 1.29 is 23.9 Å². The summed E-state index contributed by atoms with van der Waals surface area (Å²) >= 11 is 6.99. The van der Waals surface area contributed by atoms with Crippen LogP contribution in [0.3, 0.4) is 0 Å². The standard InChI is InChI=1S/C12H17ClN2O5S/c13-6-19-12(18)20-9(16)4-2-1-3-8-10-7(5-21-8)14-11(17)15-10/h7-8,10H,1-6H2,(H2,14,15,17)/t7-,8-,10-/m0/s1. The molecule has 2 rings (SSSR count). The van der Waals surface area contributed by atoms with Gasteiger partial charge in [-0.2, -0.15) is 11.8 Å². The number of fused-ring (bicyclic) bond motifs is 1. The number of nitrogens with one attached hydrogen (secondary N) is 2. The molecule has 2 heterocycles. The highest BCUT2D eigenvalue weighted by molar-refractivity contribution is 8.00. The van der Waals surface area contributed by atoms with Crippen molar-refractivity contribution in [2.45, 2.75) is 43.0 Å². The lowest BCUT2D eigenvalue weighted by atomic mass is 10.0. The van der Waals surface area contributed by atoms with Crippen molar-refractivity contribution in [2.75, 3.05) is 11.8 Å². The summed E-state index contributed by atoms with van der Waals surface area (Å²) in [7, 11) is 0. The average molecular weight is 337 g/mol. The average Bonchev–Trinajstić information content (AvgIpc) is 2.94. The zero-order valence-corrected chi connectivity index (χ0v) is 12.9. The maximum absolute atomic E-state index is 11.3. The molecule has 118 valence electrons. The van der Waals surface area contributed by atoms with Crippen LogP contribution in [0.5, 0.6) is 0 Å². The van der Waals surface area contributed by atoms with Gasteiger partial charge >= 0.3 is 18.2 Å². The van der Waals surface area contributed by atoms with E-state index < -0.39 is 12.1 Å².